The van der Waals surface area contributed by atoms with Gasteiger partial charge in [0.2, 0.25) is 10.0 Å². The molecule has 1 aromatic carbocycles. The zero-order valence-electron chi connectivity index (χ0n) is 18.5. The van der Waals surface area contributed by atoms with E-state index < -0.39 is 10.0 Å². The molecule has 0 saturated heterocycles. The van der Waals surface area contributed by atoms with Crippen LogP contribution in [0.2, 0.25) is 0 Å². The van der Waals surface area contributed by atoms with Gasteiger partial charge in [-0.2, -0.15) is 9.40 Å². The van der Waals surface area contributed by atoms with E-state index in [1.54, 1.807) is 29.2 Å². The zero-order valence-corrected chi connectivity index (χ0v) is 19.4. The van der Waals surface area contributed by atoms with Gasteiger partial charge in [-0.15, -0.1) is 0 Å². The highest BCUT2D eigenvalue weighted by Crippen LogP contribution is 2.21. The van der Waals surface area contributed by atoms with E-state index in [9.17, 15) is 8.42 Å². The molecule has 0 saturated carbocycles. The Balaban J connectivity index is 1.63. The van der Waals surface area contributed by atoms with E-state index in [2.05, 4.69) is 20.4 Å². The predicted molar refractivity (Wildman–Crippen MR) is 127 cm³/mol. The number of nitrogens with zero attached hydrogens (tertiary/aromatic N) is 5. The van der Waals surface area contributed by atoms with Crippen molar-refractivity contribution in [1.82, 2.24) is 24.1 Å². The number of anilines is 1. The fraction of sp³-hybridized carbons (Fsp3) is 0.208. The average molecular weight is 463 g/mol. The first-order chi connectivity index (χ1) is 15.9. The topological polar surface area (TPSA) is 93.0 Å². The highest BCUT2D eigenvalue weighted by atomic mass is 32.2. The van der Waals surface area contributed by atoms with Crippen LogP contribution in [0.25, 0.3) is 5.69 Å². The minimum Gasteiger partial charge on any atom is -0.368 e. The third-order valence-electron chi connectivity index (χ3n) is 4.92. The predicted octanol–water partition coefficient (Wildman–Crippen LogP) is 3.87. The summed E-state index contributed by atoms with van der Waals surface area (Å²) in [6.45, 7) is 4.38. The fourth-order valence-corrected chi connectivity index (χ4v) is 4.74. The van der Waals surface area contributed by atoms with Crippen LogP contribution in [0.5, 0.6) is 0 Å². The zero-order chi connectivity index (χ0) is 23.3. The van der Waals surface area contributed by atoms with Gasteiger partial charge >= 0.3 is 0 Å². The van der Waals surface area contributed by atoms with E-state index in [-0.39, 0.29) is 24.0 Å². The van der Waals surface area contributed by atoms with Gasteiger partial charge in [0.15, 0.2) is 0 Å². The van der Waals surface area contributed by atoms with E-state index in [0.29, 0.717) is 11.5 Å². The smallest absolute Gasteiger partial charge is 0.245 e. The maximum absolute atomic E-state index is 13.5. The number of hydrogen-bond donors (Lipinski definition) is 1. The lowest BCUT2D eigenvalue weighted by atomic mass is 10.2. The highest BCUT2D eigenvalue weighted by molar-refractivity contribution is 7.89. The molecule has 0 amide bonds. The molecular formula is C24H26N6O2S. The minimum absolute atomic E-state index is 0.131. The van der Waals surface area contributed by atoms with E-state index in [0.717, 1.165) is 11.3 Å². The summed E-state index contributed by atoms with van der Waals surface area (Å²) < 4.78 is 30.2. The van der Waals surface area contributed by atoms with Crippen LogP contribution in [0.1, 0.15) is 25.1 Å². The summed E-state index contributed by atoms with van der Waals surface area (Å²) in [5.74, 6) is 0.713. The second-order valence-electron chi connectivity index (χ2n) is 7.89. The van der Waals surface area contributed by atoms with Gasteiger partial charge in [-0.25, -0.2) is 18.1 Å². The van der Waals surface area contributed by atoms with Crippen LogP contribution in [0.4, 0.5) is 5.82 Å². The summed E-state index contributed by atoms with van der Waals surface area (Å²) in [7, 11) is -3.79. The Morgan fingerprint density at radius 2 is 1.79 bits per heavy atom. The van der Waals surface area contributed by atoms with Crippen LogP contribution in [0, 0.1) is 0 Å². The van der Waals surface area contributed by atoms with Crippen LogP contribution in [0.3, 0.4) is 0 Å². The van der Waals surface area contributed by atoms with E-state index >= 15 is 0 Å². The normalized spacial score (nSPS) is 11.8. The summed E-state index contributed by atoms with van der Waals surface area (Å²) in [4.78, 5) is 8.75. The Morgan fingerprint density at radius 1 is 0.970 bits per heavy atom. The van der Waals surface area contributed by atoms with Gasteiger partial charge in [0.25, 0.3) is 0 Å². The van der Waals surface area contributed by atoms with Crippen molar-refractivity contribution in [1.29, 1.82) is 0 Å². The van der Waals surface area contributed by atoms with Gasteiger partial charge < -0.3 is 5.32 Å². The lowest BCUT2D eigenvalue weighted by Crippen LogP contribution is -2.31. The van der Waals surface area contributed by atoms with Crippen LogP contribution >= 0.6 is 0 Å². The van der Waals surface area contributed by atoms with Crippen molar-refractivity contribution in [3.63, 3.8) is 0 Å². The molecule has 0 spiro atoms. The number of pyridine rings is 2. The van der Waals surface area contributed by atoms with Gasteiger partial charge in [-0.3, -0.25) is 4.98 Å². The summed E-state index contributed by atoms with van der Waals surface area (Å²) in [6, 6.07) is 18.5. The van der Waals surface area contributed by atoms with E-state index in [4.69, 9.17) is 0 Å². The lowest BCUT2D eigenvalue weighted by molar-refractivity contribution is 0.397. The van der Waals surface area contributed by atoms with Crippen molar-refractivity contribution in [2.75, 3.05) is 5.32 Å². The Morgan fingerprint density at radius 3 is 2.45 bits per heavy atom. The summed E-state index contributed by atoms with van der Waals surface area (Å²) in [5.41, 5.74) is 2.41. The number of benzene rings is 1. The van der Waals surface area contributed by atoms with Gasteiger partial charge in [0.05, 0.1) is 17.9 Å². The molecule has 0 unspecified atom stereocenters. The largest absolute Gasteiger partial charge is 0.368 e. The maximum Gasteiger partial charge on any atom is 0.245 e. The third kappa shape index (κ3) is 5.63. The number of aromatic nitrogens is 4. The molecule has 0 atom stereocenters. The van der Waals surface area contributed by atoms with Gasteiger partial charge in [0, 0.05) is 37.4 Å². The van der Waals surface area contributed by atoms with Gasteiger partial charge in [-0.05, 0) is 61.9 Å². The molecule has 33 heavy (non-hydrogen) atoms. The molecule has 0 radical (unpaired) electrons. The van der Waals surface area contributed by atoms with Gasteiger partial charge in [0.1, 0.15) is 10.7 Å². The third-order valence-corrected chi connectivity index (χ3v) is 6.69. The second-order valence-corrected chi connectivity index (χ2v) is 9.83. The maximum atomic E-state index is 13.5. The first kappa shape index (κ1) is 22.6. The minimum atomic E-state index is -3.79. The second kappa shape index (κ2) is 9.93. The van der Waals surface area contributed by atoms with Crippen LogP contribution in [0.15, 0.2) is 90.3 Å². The van der Waals surface area contributed by atoms with Crippen LogP contribution in [-0.4, -0.2) is 38.5 Å². The Hall–Kier alpha value is -3.56. The summed E-state index contributed by atoms with van der Waals surface area (Å²) >= 11 is 0. The van der Waals surface area contributed by atoms with Crippen molar-refractivity contribution in [2.45, 2.75) is 37.9 Å². The SMILES string of the molecule is CC(C)Nc1cccc(CN(Cc2ccc(-n3cccn3)cc2)S(=O)(=O)c2cccnc2)n1. The number of hydrogen-bond acceptors (Lipinski definition) is 6. The average Bonchev–Trinajstić information content (AvgIpc) is 3.35. The summed E-state index contributed by atoms with van der Waals surface area (Å²) in [6.07, 6.45) is 6.50. The molecule has 8 nitrogen and oxygen atoms in total. The molecule has 0 aliphatic carbocycles. The monoisotopic (exact) mass is 462 g/mol. The molecule has 3 heterocycles. The first-order valence-corrected chi connectivity index (χ1v) is 12.1. The fourth-order valence-electron chi connectivity index (χ4n) is 3.38. The molecule has 9 heteroatoms. The van der Waals surface area contributed by atoms with Crippen molar-refractivity contribution in [3.05, 3.63) is 96.7 Å². The first-order valence-electron chi connectivity index (χ1n) is 10.6. The quantitative estimate of drug-likeness (QED) is 0.406. The summed E-state index contributed by atoms with van der Waals surface area (Å²) in [5, 5.41) is 7.49. The Bertz CT molecular complexity index is 1270. The Kier molecular flexibility index (Phi) is 6.81. The standard InChI is InChI=1S/C24H26N6O2S/c1-19(2)27-24-8-3-6-21(28-24)18-29(33(31,32)23-7-4-13-25-16-23)17-20-9-11-22(12-10-20)30-15-5-14-26-30/h3-16,19H,17-18H2,1-2H3,(H,27,28). The van der Waals surface area contributed by atoms with Crippen molar-refractivity contribution < 1.29 is 8.42 Å². The Labute approximate surface area is 194 Å². The lowest BCUT2D eigenvalue weighted by Gasteiger charge is -2.22. The van der Waals surface area contributed by atoms with E-state index in [1.807, 2.05) is 68.6 Å². The van der Waals surface area contributed by atoms with Crippen molar-refractivity contribution >= 4 is 15.8 Å². The molecule has 0 bridgehead atoms. The molecule has 170 valence electrons. The molecule has 0 fully saturated rings. The van der Waals surface area contributed by atoms with Crippen molar-refractivity contribution in [3.8, 4) is 5.69 Å². The number of nitrogens with one attached hydrogen (secondary N) is 1. The van der Waals surface area contributed by atoms with Crippen LogP contribution < -0.4 is 5.32 Å². The molecule has 1 N–H and O–H groups in total. The molecule has 0 aliphatic heterocycles. The molecule has 0 aliphatic rings. The number of rotatable bonds is 9. The van der Waals surface area contributed by atoms with Crippen LogP contribution in [-0.2, 0) is 23.1 Å². The highest BCUT2D eigenvalue weighted by Gasteiger charge is 2.26. The van der Waals surface area contributed by atoms with Gasteiger partial charge in [-0.1, -0.05) is 18.2 Å². The number of sulfonamides is 1. The molecule has 4 rings (SSSR count). The molecule has 4 aromatic rings. The van der Waals surface area contributed by atoms with Crippen molar-refractivity contribution in [2.24, 2.45) is 0 Å². The molecule has 3 aromatic heterocycles. The van der Waals surface area contributed by atoms with E-state index in [1.165, 1.54) is 10.5 Å². The molecular weight excluding hydrogens is 436 g/mol.